The van der Waals surface area contributed by atoms with Gasteiger partial charge in [-0.1, -0.05) is 43.2 Å². The number of methoxy groups -OCH3 is 2. The maximum absolute atomic E-state index is 14.7. The Kier molecular flexibility index (Phi) is 28.4. The van der Waals surface area contributed by atoms with Gasteiger partial charge in [0.15, 0.2) is 38.5 Å². The average Bonchev–Trinajstić information content (AvgIpc) is 1.29. The number of ether oxygens (including phenoxy) is 6. The van der Waals surface area contributed by atoms with Crippen LogP contribution in [0.3, 0.4) is 0 Å². The number of nitrogen functional groups attached to an aromatic ring is 3. The number of halogens is 1. The number of pyridine rings is 3. The van der Waals surface area contributed by atoms with Gasteiger partial charge in [0.05, 0.1) is 99.0 Å². The van der Waals surface area contributed by atoms with Crippen molar-refractivity contribution in [2.75, 3.05) is 107 Å². The number of nitrogens with two attached hydrogens (primary N) is 3. The molecule has 0 spiro atoms. The van der Waals surface area contributed by atoms with Crippen molar-refractivity contribution in [1.82, 2.24) is 79.5 Å². The number of sulfone groups is 1. The second-order valence-corrected chi connectivity index (χ2v) is 37.8. The van der Waals surface area contributed by atoms with E-state index in [1.807, 2.05) is 126 Å². The fraction of sp³-hybridized carbons (Fsp3) is 0.295. The fourth-order valence-electron chi connectivity index (χ4n) is 18.2. The third kappa shape index (κ3) is 20.7. The first-order valence-electron chi connectivity index (χ1n) is 47.0. The lowest BCUT2D eigenvalue weighted by atomic mass is 10.0. The summed E-state index contributed by atoms with van der Waals surface area (Å²) in [4.78, 5) is 81.8. The lowest BCUT2D eigenvalue weighted by Crippen LogP contribution is -2.51. The number of H-pyrrole nitrogens is 2. The summed E-state index contributed by atoms with van der Waals surface area (Å²) in [5.41, 5.74) is 33.7. The van der Waals surface area contributed by atoms with E-state index in [2.05, 4.69) is 82.2 Å². The molecule has 1 aliphatic carbocycles. The monoisotopic (exact) mass is 1940 g/mol. The van der Waals surface area contributed by atoms with Crippen LogP contribution in [0.15, 0.2) is 209 Å². The highest BCUT2D eigenvalue weighted by Crippen LogP contribution is 2.42. The summed E-state index contributed by atoms with van der Waals surface area (Å²) in [6.45, 7) is 18.7. The second kappa shape index (κ2) is 41.8. The molecule has 17 aromatic rings. The summed E-state index contributed by atoms with van der Waals surface area (Å²) in [6, 6.07) is 49.9. The van der Waals surface area contributed by atoms with E-state index in [1.54, 1.807) is 87.0 Å². The van der Waals surface area contributed by atoms with Gasteiger partial charge in [-0.05, 0) is 210 Å². The van der Waals surface area contributed by atoms with Crippen LogP contribution in [0.25, 0.3) is 111 Å². The SMILES string of the molecule is CC(C)n1nc(-c2cc3cc(O)ccc3[nH]2)c2c(N)ccnc21.CCNC(=O)Nc1ccc(-c2nc3c(c(N4CCOC[C@@H]4C)n2)CCN(C2COC2)C3)cc1.COc1ccc(COc2cc3oc(=O)c4cc([C@H](C)O)ccc4c3cc2OC)cc1.Cc1c(C(=O)N2CCOc3ccc(-c4ccc(N)nc4)cc3C2)ccc(S(C)(=O)=O)c1F.Nc1ncnc2c1c(-c1cnc3[nH]ccc3c1)nn2C1CCCC1. The number of phenolic OH excluding ortho intramolecular Hbond substituents is 1. The molecule has 7 aromatic carbocycles. The predicted octanol–water partition coefficient (Wildman–Crippen LogP) is 16.6. The van der Waals surface area contributed by atoms with Gasteiger partial charge in [-0.3, -0.25) is 9.69 Å². The molecule has 0 bridgehead atoms. The molecule has 142 heavy (non-hydrogen) atoms. The van der Waals surface area contributed by atoms with E-state index in [0.717, 1.165) is 198 Å². The summed E-state index contributed by atoms with van der Waals surface area (Å²) in [5.74, 6) is 4.05. The smallest absolute Gasteiger partial charge is 0.344 e. The fourth-order valence-corrected chi connectivity index (χ4v) is 19.0. The summed E-state index contributed by atoms with van der Waals surface area (Å²) >= 11 is 0. The summed E-state index contributed by atoms with van der Waals surface area (Å²) in [6.07, 6.45) is 14.5. The Balaban J connectivity index is 0.000000118. The summed E-state index contributed by atoms with van der Waals surface area (Å²) in [7, 11) is -0.553. The topological polar surface area (TPSA) is 464 Å². The number of nitrogens with zero attached hydrogens (tertiary/aromatic N) is 14. The van der Waals surface area contributed by atoms with Crippen LogP contribution >= 0.6 is 0 Å². The van der Waals surface area contributed by atoms with Gasteiger partial charge in [0.1, 0.15) is 87.6 Å². The molecule has 2 saturated heterocycles. The highest BCUT2D eigenvalue weighted by atomic mass is 32.2. The Morgan fingerprint density at radius 1 is 0.711 bits per heavy atom. The van der Waals surface area contributed by atoms with E-state index in [4.69, 9.17) is 70.2 Å². The number of aliphatic hydroxyl groups is 1. The van der Waals surface area contributed by atoms with Crippen molar-refractivity contribution in [2.24, 2.45) is 0 Å². The van der Waals surface area contributed by atoms with E-state index in [1.165, 1.54) is 37.7 Å². The number of morpholine rings is 1. The average molecular weight is 1940 g/mol. The number of hydrogen-bond acceptors (Lipinski definition) is 28. The molecule has 3 amide bonds. The van der Waals surface area contributed by atoms with E-state index < -0.39 is 38.2 Å². The van der Waals surface area contributed by atoms with Crippen molar-refractivity contribution in [2.45, 2.75) is 129 Å². The molecule has 2 atom stereocenters. The number of nitrogens with one attached hydrogen (secondary N) is 4. The van der Waals surface area contributed by atoms with E-state index >= 15 is 0 Å². The van der Waals surface area contributed by atoms with Gasteiger partial charge >= 0.3 is 11.7 Å². The zero-order valence-corrected chi connectivity index (χ0v) is 80.8. The van der Waals surface area contributed by atoms with Crippen LogP contribution in [-0.2, 0) is 45.4 Å². The molecule has 1 saturated carbocycles. The Labute approximate surface area is 816 Å². The van der Waals surface area contributed by atoms with Gasteiger partial charge < -0.3 is 90.7 Å². The quantitative estimate of drug-likeness (QED) is 0.0284. The molecule has 22 rings (SSSR count). The number of aromatic amines is 2. The van der Waals surface area contributed by atoms with E-state index in [-0.39, 0.29) is 48.1 Å². The van der Waals surface area contributed by atoms with Crippen LogP contribution in [0.1, 0.15) is 122 Å². The Bertz CT molecular complexity index is 7740. The van der Waals surface area contributed by atoms with Gasteiger partial charge in [0.25, 0.3) is 5.91 Å². The molecule has 5 aliphatic rings. The molecule has 10 aromatic heterocycles. The summed E-state index contributed by atoms with van der Waals surface area (Å²) in [5, 5.41) is 40.1. The van der Waals surface area contributed by atoms with Crippen molar-refractivity contribution in [3.8, 4) is 73.9 Å². The standard InChI is InChI=1S/C24H32N6O3.C24H22O6.C23H22FN3O4S.C17H17N7.C17H17N5O/c1-3-25-24(31)26-18-6-4-17(5-7-18)22-27-21-12-29(19-14-33-15-19)9-8-20(21)23(28-22)30-10-11-32-13-16(30)2;1-14(25)16-6-9-18-19-11-22(28-3)23(12-21(19)30-24(26)20(18)10-16)29-13-15-4-7-17(27-2)8-5-15;1-14-18(5-7-20(22(14)24)32(2,29)30)23(28)27-9-10-31-19-6-3-15(11-17(19)13-27)16-4-8-21(25)26-12-16;18-15-13-14(11-7-10-5-6-19-16(10)20-8-11)23-24(12-3-1-2-4-12)17(13)22-9-21-15;1-9(2)22-17-15(12(18)5-6-19-17)16(21-22)14-8-10-7-11(23)3-4-13(10)20-14/h4-7,16,19H,3,8-15H2,1-2H3,(H2,25,26,31);4-12,14,25H,13H2,1-3H3;3-8,11-12H,9-10,13H2,1-2H3,(H2,25,26);5-9,12H,1-4H2,(H,19,20)(H2,18,21,22);3-9,20,23H,1-2H3,(H2,18,19)/t16-;14-;;;/m00.../s1. The highest BCUT2D eigenvalue weighted by Gasteiger charge is 2.35. The lowest BCUT2D eigenvalue weighted by molar-refractivity contribution is -0.0699. The van der Waals surface area contributed by atoms with Gasteiger partial charge in [0, 0.05) is 148 Å². The number of fused-ring (bicyclic) bond motifs is 9. The Morgan fingerprint density at radius 2 is 1.50 bits per heavy atom. The number of aliphatic hydroxyl groups excluding tert-OH is 1. The zero-order chi connectivity index (χ0) is 99.3. The third-order valence-corrected chi connectivity index (χ3v) is 27.0. The molecular weight excluding hydrogens is 1830 g/mol. The Hall–Kier alpha value is -15.7. The number of carbonyl (C=O) groups excluding carboxylic acids is 2. The van der Waals surface area contributed by atoms with Crippen LogP contribution in [0.5, 0.6) is 28.7 Å². The highest BCUT2D eigenvalue weighted by molar-refractivity contribution is 7.90. The number of aromatic hydroxyl groups is 1. The molecule has 14 heterocycles. The van der Waals surface area contributed by atoms with E-state index in [0.29, 0.717) is 96.1 Å². The number of rotatable bonds is 18. The van der Waals surface area contributed by atoms with Gasteiger partial charge in [0.2, 0.25) is 0 Å². The second-order valence-electron chi connectivity index (χ2n) is 35.9. The Morgan fingerprint density at radius 3 is 2.23 bits per heavy atom. The molecule has 0 unspecified atom stereocenters. The van der Waals surface area contributed by atoms with Crippen molar-refractivity contribution in [3.05, 3.63) is 250 Å². The first-order chi connectivity index (χ1) is 68.6. The van der Waals surface area contributed by atoms with E-state index in [9.17, 15) is 37.4 Å². The molecule has 0 radical (unpaired) electrons. The molecule has 12 N–H and O–H groups in total. The van der Waals surface area contributed by atoms with Crippen LogP contribution in [0, 0.1) is 12.7 Å². The minimum absolute atomic E-state index is 0.00464. The number of aromatic nitrogens is 13. The molecule has 37 heteroatoms. The number of anilines is 5. The number of carbonyl (C=O) groups is 2. The maximum Gasteiger partial charge on any atom is 0.344 e. The van der Waals surface area contributed by atoms with Crippen LogP contribution in [-0.4, -0.2) is 197 Å². The van der Waals surface area contributed by atoms with Crippen molar-refractivity contribution in [3.63, 3.8) is 0 Å². The molecular formula is C105H110FN21O14S. The van der Waals surface area contributed by atoms with Crippen molar-refractivity contribution in [1.29, 1.82) is 0 Å². The number of phenols is 1. The summed E-state index contributed by atoms with van der Waals surface area (Å²) < 4.78 is 81.2. The maximum atomic E-state index is 14.7. The number of hydrogen-bond donors (Lipinski definition) is 9. The van der Waals surface area contributed by atoms with Crippen LogP contribution in [0.2, 0.25) is 0 Å². The minimum atomic E-state index is -3.74. The van der Waals surface area contributed by atoms with Crippen molar-refractivity contribution >= 4 is 116 Å². The third-order valence-electron chi connectivity index (χ3n) is 25.9. The van der Waals surface area contributed by atoms with Crippen molar-refractivity contribution < 1.29 is 65.4 Å². The molecule has 3 fully saturated rings. The first-order valence-corrected chi connectivity index (χ1v) is 48.9. The molecule has 732 valence electrons. The molecule has 35 nitrogen and oxygen atoms in total. The number of amides is 3. The lowest BCUT2D eigenvalue weighted by Gasteiger charge is -2.41. The van der Waals surface area contributed by atoms with Gasteiger partial charge in [-0.25, -0.2) is 66.6 Å². The minimum Gasteiger partial charge on any atom is -0.508 e. The normalized spacial score (nSPS) is 15.2. The van der Waals surface area contributed by atoms with Gasteiger partial charge in [-0.15, -0.1) is 0 Å². The van der Waals surface area contributed by atoms with Crippen LogP contribution in [0.4, 0.5) is 38.0 Å². The predicted molar refractivity (Wildman–Crippen MR) is 543 cm³/mol. The number of urea groups is 1. The molecule has 4 aliphatic heterocycles. The van der Waals surface area contributed by atoms with Crippen LogP contribution < -0.4 is 57.3 Å². The number of benzene rings is 7. The first kappa shape index (κ1) is 96.6. The largest absolute Gasteiger partial charge is 0.508 e. The zero-order valence-electron chi connectivity index (χ0n) is 80.0. The van der Waals surface area contributed by atoms with Gasteiger partial charge in [-0.2, -0.15) is 10.2 Å².